The Hall–Kier alpha value is -1.81. The monoisotopic (exact) mass is 347 g/mol. The third-order valence-electron chi connectivity index (χ3n) is 3.32. The molecule has 0 heterocycles. The highest BCUT2D eigenvalue weighted by Gasteiger charge is 2.16. The minimum Gasteiger partial charge on any atom is -0.496 e. The topological polar surface area (TPSA) is 29.5 Å². The molecule has 0 fully saturated rings. The van der Waals surface area contributed by atoms with E-state index in [4.69, 9.17) is 4.74 Å². The molecule has 1 amide bonds. The summed E-state index contributed by atoms with van der Waals surface area (Å²) in [5, 5.41) is 0. The molecule has 0 atom stereocenters. The molecular weight excluding hydrogens is 330 g/mol. The van der Waals surface area contributed by atoms with Crippen LogP contribution in [0.15, 0.2) is 53.0 Å². The number of nitrogens with zero attached hydrogens (tertiary/aromatic N) is 1. The summed E-state index contributed by atoms with van der Waals surface area (Å²) in [6, 6.07) is 15.6. The highest BCUT2D eigenvalue weighted by molar-refractivity contribution is 9.10. The lowest BCUT2D eigenvalue weighted by atomic mass is 10.1. The van der Waals surface area contributed by atoms with E-state index in [9.17, 15) is 4.79 Å². The van der Waals surface area contributed by atoms with Crippen molar-refractivity contribution in [2.45, 2.75) is 6.42 Å². The van der Waals surface area contributed by atoms with Crippen LogP contribution in [0.25, 0.3) is 0 Å². The van der Waals surface area contributed by atoms with E-state index in [1.807, 2.05) is 31.3 Å². The van der Waals surface area contributed by atoms with Crippen LogP contribution >= 0.6 is 15.9 Å². The summed E-state index contributed by atoms with van der Waals surface area (Å²) in [6.45, 7) is 0.665. The van der Waals surface area contributed by atoms with Gasteiger partial charge in [-0.1, -0.05) is 46.3 Å². The van der Waals surface area contributed by atoms with Crippen LogP contribution in [-0.2, 0) is 6.42 Å². The molecule has 0 saturated carbocycles. The fraction of sp³-hybridized carbons (Fsp3) is 0.235. The maximum Gasteiger partial charge on any atom is 0.257 e. The summed E-state index contributed by atoms with van der Waals surface area (Å²) in [7, 11) is 3.38. The molecule has 0 N–H and O–H groups in total. The van der Waals surface area contributed by atoms with Gasteiger partial charge < -0.3 is 9.64 Å². The molecule has 0 aliphatic rings. The second-order valence-electron chi connectivity index (χ2n) is 4.81. The molecule has 2 rings (SSSR count). The number of benzene rings is 2. The van der Waals surface area contributed by atoms with Crippen molar-refractivity contribution in [2.24, 2.45) is 0 Å². The number of halogens is 1. The van der Waals surface area contributed by atoms with Gasteiger partial charge in [0.2, 0.25) is 0 Å². The zero-order valence-corrected chi connectivity index (χ0v) is 13.8. The predicted octanol–water partition coefficient (Wildman–Crippen LogP) is 3.77. The zero-order valence-electron chi connectivity index (χ0n) is 12.2. The lowest BCUT2D eigenvalue weighted by Crippen LogP contribution is -2.29. The average molecular weight is 348 g/mol. The number of rotatable bonds is 5. The summed E-state index contributed by atoms with van der Waals surface area (Å²) >= 11 is 3.39. The summed E-state index contributed by atoms with van der Waals surface area (Å²) in [6.07, 6.45) is 0.833. The van der Waals surface area contributed by atoms with Crippen LogP contribution in [0.4, 0.5) is 0 Å². The Kier molecular flexibility index (Phi) is 5.39. The normalized spacial score (nSPS) is 10.2. The molecule has 0 aliphatic carbocycles. The Balaban J connectivity index is 2.07. The van der Waals surface area contributed by atoms with Crippen molar-refractivity contribution in [3.63, 3.8) is 0 Å². The molecule has 4 heteroatoms. The highest BCUT2D eigenvalue weighted by atomic mass is 79.9. The van der Waals surface area contributed by atoms with Crippen LogP contribution in [0, 0.1) is 0 Å². The van der Waals surface area contributed by atoms with Gasteiger partial charge in [-0.2, -0.15) is 0 Å². The molecule has 2 aromatic rings. The Labute approximate surface area is 133 Å². The van der Waals surface area contributed by atoms with Gasteiger partial charge in [-0.25, -0.2) is 0 Å². The molecule has 0 aliphatic heterocycles. The van der Waals surface area contributed by atoms with Crippen LogP contribution in [0.5, 0.6) is 5.75 Å². The Bertz CT molecular complexity index is 613. The highest BCUT2D eigenvalue weighted by Crippen LogP contribution is 2.24. The van der Waals surface area contributed by atoms with Crippen molar-refractivity contribution in [1.29, 1.82) is 0 Å². The molecule has 0 aromatic heterocycles. The first-order valence-corrected chi connectivity index (χ1v) is 7.54. The van der Waals surface area contributed by atoms with E-state index in [0.717, 1.165) is 10.9 Å². The van der Waals surface area contributed by atoms with Crippen LogP contribution in [0.3, 0.4) is 0 Å². The second kappa shape index (κ2) is 7.27. The van der Waals surface area contributed by atoms with Crippen molar-refractivity contribution in [3.05, 3.63) is 64.1 Å². The minimum atomic E-state index is -0.0379. The number of hydrogen-bond acceptors (Lipinski definition) is 2. The molecule has 2 aromatic carbocycles. The molecule has 0 saturated heterocycles. The number of carbonyl (C=O) groups excluding carboxylic acids is 1. The smallest absolute Gasteiger partial charge is 0.257 e. The van der Waals surface area contributed by atoms with E-state index in [2.05, 4.69) is 28.1 Å². The minimum absolute atomic E-state index is 0.0379. The Morgan fingerprint density at radius 1 is 1.19 bits per heavy atom. The maximum atomic E-state index is 12.5. The van der Waals surface area contributed by atoms with E-state index in [1.54, 1.807) is 24.1 Å². The zero-order chi connectivity index (χ0) is 15.2. The lowest BCUT2D eigenvalue weighted by molar-refractivity contribution is 0.0793. The third-order valence-corrected chi connectivity index (χ3v) is 3.81. The predicted molar refractivity (Wildman–Crippen MR) is 87.8 cm³/mol. The van der Waals surface area contributed by atoms with E-state index < -0.39 is 0 Å². The van der Waals surface area contributed by atoms with Crippen molar-refractivity contribution in [2.75, 3.05) is 20.7 Å². The molecule has 0 bridgehead atoms. The fourth-order valence-electron chi connectivity index (χ4n) is 2.10. The summed E-state index contributed by atoms with van der Waals surface area (Å²) < 4.78 is 6.13. The summed E-state index contributed by atoms with van der Waals surface area (Å²) in [4.78, 5) is 14.2. The SMILES string of the molecule is COc1ccc(Br)cc1C(=O)N(C)CCc1ccccc1. The molecular formula is C17H18BrNO2. The quantitative estimate of drug-likeness (QED) is 0.823. The van der Waals surface area contributed by atoms with Crippen molar-refractivity contribution < 1.29 is 9.53 Å². The Morgan fingerprint density at radius 3 is 2.57 bits per heavy atom. The second-order valence-corrected chi connectivity index (χ2v) is 5.72. The van der Waals surface area contributed by atoms with Gasteiger partial charge in [0, 0.05) is 18.1 Å². The first-order chi connectivity index (χ1) is 10.1. The lowest BCUT2D eigenvalue weighted by Gasteiger charge is -2.19. The van der Waals surface area contributed by atoms with E-state index in [-0.39, 0.29) is 5.91 Å². The van der Waals surface area contributed by atoms with Gasteiger partial charge in [0.05, 0.1) is 12.7 Å². The number of hydrogen-bond donors (Lipinski definition) is 0. The third kappa shape index (κ3) is 4.08. The van der Waals surface area contributed by atoms with Crippen molar-refractivity contribution in [1.82, 2.24) is 4.90 Å². The van der Waals surface area contributed by atoms with Gasteiger partial charge in [0.15, 0.2) is 0 Å². The number of likely N-dealkylation sites (N-methyl/N-ethyl adjacent to an activating group) is 1. The number of ether oxygens (including phenoxy) is 1. The first kappa shape index (κ1) is 15.6. The molecule has 0 spiro atoms. The van der Waals surface area contributed by atoms with Gasteiger partial charge in [0.1, 0.15) is 5.75 Å². The first-order valence-electron chi connectivity index (χ1n) is 6.74. The summed E-state index contributed by atoms with van der Waals surface area (Å²) in [5.74, 6) is 0.554. The fourth-order valence-corrected chi connectivity index (χ4v) is 2.46. The molecule has 21 heavy (non-hydrogen) atoms. The number of methoxy groups -OCH3 is 1. The number of amides is 1. The summed E-state index contributed by atoms with van der Waals surface area (Å²) in [5.41, 5.74) is 1.79. The molecule has 0 unspecified atom stereocenters. The molecule has 3 nitrogen and oxygen atoms in total. The van der Waals surface area contributed by atoms with Crippen LogP contribution in [-0.4, -0.2) is 31.5 Å². The average Bonchev–Trinajstić information content (AvgIpc) is 2.52. The Morgan fingerprint density at radius 2 is 1.90 bits per heavy atom. The van der Waals surface area contributed by atoms with Gasteiger partial charge in [-0.15, -0.1) is 0 Å². The molecule has 110 valence electrons. The standard InChI is InChI=1S/C17H18BrNO2/c1-19(11-10-13-6-4-3-5-7-13)17(20)15-12-14(18)8-9-16(15)21-2/h3-9,12H,10-11H2,1-2H3. The van der Waals surface area contributed by atoms with Gasteiger partial charge in [0.25, 0.3) is 5.91 Å². The van der Waals surface area contributed by atoms with Crippen molar-refractivity contribution in [3.8, 4) is 5.75 Å². The van der Waals surface area contributed by atoms with E-state index in [1.165, 1.54) is 5.56 Å². The van der Waals surface area contributed by atoms with Crippen LogP contribution < -0.4 is 4.74 Å². The van der Waals surface area contributed by atoms with Gasteiger partial charge in [-0.05, 0) is 30.2 Å². The van der Waals surface area contributed by atoms with E-state index in [0.29, 0.717) is 17.9 Å². The van der Waals surface area contributed by atoms with Gasteiger partial charge in [-0.3, -0.25) is 4.79 Å². The van der Waals surface area contributed by atoms with Crippen molar-refractivity contribution >= 4 is 21.8 Å². The van der Waals surface area contributed by atoms with Crippen LogP contribution in [0.2, 0.25) is 0 Å². The largest absolute Gasteiger partial charge is 0.496 e. The van der Waals surface area contributed by atoms with Crippen LogP contribution in [0.1, 0.15) is 15.9 Å². The maximum absolute atomic E-state index is 12.5. The van der Waals surface area contributed by atoms with Gasteiger partial charge >= 0.3 is 0 Å². The van der Waals surface area contributed by atoms with E-state index >= 15 is 0 Å². The molecule has 0 radical (unpaired) electrons. The number of carbonyl (C=O) groups is 1.